The van der Waals surface area contributed by atoms with Crippen molar-refractivity contribution in [3.63, 3.8) is 0 Å². The number of carbonyl (C=O) groups excluding carboxylic acids is 1. The molecule has 134 valence electrons. The van der Waals surface area contributed by atoms with Gasteiger partial charge in [-0.3, -0.25) is 4.79 Å². The molecule has 0 radical (unpaired) electrons. The Morgan fingerprint density at radius 3 is 2.96 bits per heavy atom. The molecule has 2 aromatic heterocycles. The Labute approximate surface area is 155 Å². The molecule has 7 nitrogen and oxygen atoms in total. The first-order valence-corrected chi connectivity index (χ1v) is 8.92. The number of pyridine rings is 1. The first-order valence-electron chi connectivity index (χ1n) is 7.94. The maximum Gasteiger partial charge on any atom is 0.230 e. The fourth-order valence-corrected chi connectivity index (χ4v) is 3.07. The van der Waals surface area contributed by atoms with E-state index in [1.807, 2.05) is 30.3 Å². The number of nitrogens with one attached hydrogen (secondary N) is 1. The highest BCUT2D eigenvalue weighted by molar-refractivity contribution is 8.00. The zero-order chi connectivity index (χ0) is 18.4. The number of hydrogen-bond acceptors (Lipinski definition) is 7. The summed E-state index contributed by atoms with van der Waals surface area (Å²) in [6, 6.07) is 11.2. The van der Waals surface area contributed by atoms with Crippen LogP contribution in [0, 0.1) is 6.92 Å². The molecule has 0 aliphatic heterocycles. The van der Waals surface area contributed by atoms with E-state index in [0.717, 1.165) is 16.9 Å². The standard InChI is InChI=1S/C18H18N4O3S/c1-12-21-17(22-25-12)15-7-4-8-19-18(15)26-11-16(23)20-10-13-5-3-6-14(9-13)24-2/h3-9H,10-11H2,1-2H3,(H,20,23). The largest absolute Gasteiger partial charge is 0.497 e. The van der Waals surface area contributed by atoms with Gasteiger partial charge in [0.25, 0.3) is 0 Å². The second-order valence-electron chi connectivity index (χ2n) is 5.41. The number of rotatable bonds is 7. The second-order valence-corrected chi connectivity index (χ2v) is 6.37. The van der Waals surface area contributed by atoms with Crippen LogP contribution in [0.1, 0.15) is 11.5 Å². The van der Waals surface area contributed by atoms with Gasteiger partial charge in [-0.25, -0.2) is 4.98 Å². The third kappa shape index (κ3) is 4.60. The van der Waals surface area contributed by atoms with Crippen molar-refractivity contribution in [3.05, 3.63) is 54.0 Å². The van der Waals surface area contributed by atoms with E-state index in [-0.39, 0.29) is 11.7 Å². The van der Waals surface area contributed by atoms with Gasteiger partial charge in [-0.05, 0) is 29.8 Å². The summed E-state index contributed by atoms with van der Waals surface area (Å²) in [5.74, 6) is 1.87. The first-order chi connectivity index (χ1) is 12.7. The van der Waals surface area contributed by atoms with Crippen LogP contribution in [-0.2, 0) is 11.3 Å². The summed E-state index contributed by atoms with van der Waals surface area (Å²) in [6.45, 7) is 2.17. The number of benzene rings is 1. The highest BCUT2D eigenvalue weighted by Crippen LogP contribution is 2.27. The molecule has 0 bridgehead atoms. The molecule has 0 saturated heterocycles. The predicted octanol–water partition coefficient (Wildman–Crippen LogP) is 2.86. The lowest BCUT2D eigenvalue weighted by molar-refractivity contribution is -0.118. The summed E-state index contributed by atoms with van der Waals surface area (Å²) >= 11 is 1.33. The van der Waals surface area contributed by atoms with Gasteiger partial charge in [0.05, 0.1) is 18.4 Å². The molecule has 26 heavy (non-hydrogen) atoms. The van der Waals surface area contributed by atoms with Gasteiger partial charge in [-0.2, -0.15) is 4.98 Å². The fraction of sp³-hybridized carbons (Fsp3) is 0.222. The second kappa shape index (κ2) is 8.48. The summed E-state index contributed by atoms with van der Waals surface area (Å²) < 4.78 is 10.2. The van der Waals surface area contributed by atoms with E-state index in [1.165, 1.54) is 11.8 Å². The third-order valence-corrected chi connectivity index (χ3v) is 4.51. The highest BCUT2D eigenvalue weighted by atomic mass is 32.2. The lowest BCUT2D eigenvalue weighted by Crippen LogP contribution is -2.24. The number of amides is 1. The number of ether oxygens (including phenoxy) is 1. The predicted molar refractivity (Wildman–Crippen MR) is 97.8 cm³/mol. The maximum atomic E-state index is 12.2. The van der Waals surface area contributed by atoms with Crippen molar-refractivity contribution in [2.45, 2.75) is 18.5 Å². The summed E-state index contributed by atoms with van der Waals surface area (Å²) in [6.07, 6.45) is 1.67. The first kappa shape index (κ1) is 17.9. The van der Waals surface area contributed by atoms with Gasteiger partial charge in [0, 0.05) is 19.7 Å². The Balaban J connectivity index is 1.58. The van der Waals surface area contributed by atoms with Crippen LogP contribution < -0.4 is 10.1 Å². The number of aromatic nitrogens is 3. The van der Waals surface area contributed by atoms with Crippen LogP contribution in [0.3, 0.4) is 0 Å². The maximum absolute atomic E-state index is 12.2. The molecule has 8 heteroatoms. The van der Waals surface area contributed by atoms with Gasteiger partial charge in [0.15, 0.2) is 0 Å². The van der Waals surface area contributed by atoms with Crippen molar-refractivity contribution in [3.8, 4) is 17.1 Å². The Bertz CT molecular complexity index is 897. The van der Waals surface area contributed by atoms with Gasteiger partial charge in [-0.15, -0.1) is 0 Å². The number of nitrogens with zero attached hydrogens (tertiary/aromatic N) is 3. The number of methoxy groups -OCH3 is 1. The Morgan fingerprint density at radius 1 is 1.31 bits per heavy atom. The number of carbonyl (C=O) groups is 1. The van der Waals surface area contributed by atoms with Crippen LogP contribution in [0.15, 0.2) is 52.1 Å². The number of aryl methyl sites for hydroxylation is 1. The van der Waals surface area contributed by atoms with E-state index < -0.39 is 0 Å². The Kier molecular flexibility index (Phi) is 5.85. The minimum absolute atomic E-state index is 0.0845. The molecule has 3 rings (SSSR count). The molecule has 2 heterocycles. The lowest BCUT2D eigenvalue weighted by Gasteiger charge is -2.08. The van der Waals surface area contributed by atoms with Crippen LogP contribution >= 0.6 is 11.8 Å². The van der Waals surface area contributed by atoms with Gasteiger partial charge >= 0.3 is 0 Å². The van der Waals surface area contributed by atoms with E-state index in [9.17, 15) is 4.79 Å². The average Bonchev–Trinajstić information content (AvgIpc) is 3.11. The topological polar surface area (TPSA) is 90.1 Å². The summed E-state index contributed by atoms with van der Waals surface area (Å²) in [5, 5.41) is 7.49. The van der Waals surface area contributed by atoms with Crippen LogP contribution in [-0.4, -0.2) is 33.9 Å². The third-order valence-electron chi connectivity index (χ3n) is 3.50. The van der Waals surface area contributed by atoms with E-state index in [4.69, 9.17) is 9.26 Å². The van der Waals surface area contributed by atoms with Crippen molar-refractivity contribution < 1.29 is 14.1 Å². The van der Waals surface area contributed by atoms with Crippen molar-refractivity contribution in [1.82, 2.24) is 20.4 Å². The van der Waals surface area contributed by atoms with Crippen LogP contribution in [0.2, 0.25) is 0 Å². The lowest BCUT2D eigenvalue weighted by atomic mass is 10.2. The van der Waals surface area contributed by atoms with Crippen molar-refractivity contribution >= 4 is 17.7 Å². The quantitative estimate of drug-likeness (QED) is 0.640. The highest BCUT2D eigenvalue weighted by Gasteiger charge is 2.13. The van der Waals surface area contributed by atoms with Gasteiger partial charge in [0.1, 0.15) is 10.8 Å². The molecule has 1 N–H and O–H groups in total. The normalized spacial score (nSPS) is 10.5. The summed E-state index contributed by atoms with van der Waals surface area (Å²) in [4.78, 5) is 20.7. The molecule has 3 aromatic rings. The van der Waals surface area contributed by atoms with Gasteiger partial charge in [-0.1, -0.05) is 29.1 Å². The van der Waals surface area contributed by atoms with E-state index >= 15 is 0 Å². The van der Waals surface area contributed by atoms with Crippen LogP contribution in [0.25, 0.3) is 11.4 Å². The summed E-state index contributed by atoms with van der Waals surface area (Å²) in [7, 11) is 1.62. The number of thioether (sulfide) groups is 1. The van der Waals surface area contributed by atoms with E-state index in [1.54, 1.807) is 26.3 Å². The summed E-state index contributed by atoms with van der Waals surface area (Å²) in [5.41, 5.74) is 1.72. The van der Waals surface area contributed by atoms with E-state index in [0.29, 0.717) is 23.3 Å². The van der Waals surface area contributed by atoms with Crippen LogP contribution in [0.5, 0.6) is 5.75 Å². The van der Waals surface area contributed by atoms with Gasteiger partial charge in [0.2, 0.25) is 17.6 Å². The Hall–Kier alpha value is -2.87. The van der Waals surface area contributed by atoms with E-state index in [2.05, 4.69) is 20.4 Å². The molecule has 0 aliphatic rings. The SMILES string of the molecule is COc1cccc(CNC(=O)CSc2ncccc2-c2noc(C)n2)c1. The van der Waals surface area contributed by atoms with Crippen LogP contribution in [0.4, 0.5) is 0 Å². The molecule has 0 saturated carbocycles. The Morgan fingerprint density at radius 2 is 2.19 bits per heavy atom. The zero-order valence-electron chi connectivity index (χ0n) is 14.4. The van der Waals surface area contributed by atoms with Gasteiger partial charge < -0.3 is 14.6 Å². The minimum atomic E-state index is -0.0845. The average molecular weight is 370 g/mol. The molecule has 0 spiro atoms. The smallest absolute Gasteiger partial charge is 0.230 e. The zero-order valence-corrected chi connectivity index (χ0v) is 15.2. The molecule has 0 unspecified atom stereocenters. The molecule has 1 aromatic carbocycles. The monoisotopic (exact) mass is 370 g/mol. The molecular weight excluding hydrogens is 352 g/mol. The molecular formula is C18H18N4O3S. The molecule has 0 atom stereocenters. The molecule has 1 amide bonds. The number of hydrogen-bond donors (Lipinski definition) is 1. The molecule has 0 fully saturated rings. The van der Waals surface area contributed by atoms with Crippen molar-refractivity contribution in [1.29, 1.82) is 0 Å². The fourth-order valence-electron chi connectivity index (χ4n) is 2.25. The minimum Gasteiger partial charge on any atom is -0.497 e. The van der Waals surface area contributed by atoms with Crippen molar-refractivity contribution in [2.24, 2.45) is 0 Å². The molecule has 0 aliphatic carbocycles. The van der Waals surface area contributed by atoms with Crippen molar-refractivity contribution in [2.75, 3.05) is 12.9 Å².